The van der Waals surface area contributed by atoms with E-state index in [1.165, 1.54) is 0 Å². The van der Waals surface area contributed by atoms with Crippen LogP contribution in [0.4, 0.5) is 5.82 Å². The Labute approximate surface area is 147 Å². The van der Waals surface area contributed by atoms with Gasteiger partial charge < -0.3 is 10.2 Å². The lowest BCUT2D eigenvalue weighted by atomic mass is 9.97. The molecule has 126 valence electrons. The van der Waals surface area contributed by atoms with Crippen LogP contribution in [0, 0.1) is 17.8 Å². The molecule has 2 amide bonds. The van der Waals surface area contributed by atoms with E-state index in [1.54, 1.807) is 23.2 Å². The van der Waals surface area contributed by atoms with Gasteiger partial charge in [0.1, 0.15) is 5.82 Å². The molecule has 2 aromatic rings. The summed E-state index contributed by atoms with van der Waals surface area (Å²) in [6.07, 6.45) is 3.18. The molecule has 0 unspecified atom stereocenters. The van der Waals surface area contributed by atoms with Crippen molar-refractivity contribution in [1.82, 2.24) is 9.88 Å². The second kappa shape index (κ2) is 8.11. The molecule has 1 N–H and O–H groups in total. The molecule has 25 heavy (non-hydrogen) atoms. The highest BCUT2D eigenvalue weighted by Gasteiger charge is 2.28. The normalized spacial score (nSPS) is 16.5. The van der Waals surface area contributed by atoms with Gasteiger partial charge in [0.15, 0.2) is 0 Å². The lowest BCUT2D eigenvalue weighted by Gasteiger charge is -2.30. The molecule has 2 heterocycles. The van der Waals surface area contributed by atoms with Gasteiger partial charge in [0, 0.05) is 30.8 Å². The van der Waals surface area contributed by atoms with Crippen LogP contribution in [0.25, 0.3) is 0 Å². The summed E-state index contributed by atoms with van der Waals surface area (Å²) in [7, 11) is 0. The fraction of sp³-hybridized carbons (Fsp3) is 0.250. The zero-order valence-corrected chi connectivity index (χ0v) is 13.8. The van der Waals surface area contributed by atoms with Crippen molar-refractivity contribution in [2.45, 2.75) is 12.8 Å². The van der Waals surface area contributed by atoms with Gasteiger partial charge in [-0.2, -0.15) is 0 Å². The number of anilines is 1. The summed E-state index contributed by atoms with van der Waals surface area (Å²) in [6, 6.07) is 14.7. The fourth-order valence-corrected chi connectivity index (χ4v) is 2.77. The predicted molar refractivity (Wildman–Crippen MR) is 95.5 cm³/mol. The van der Waals surface area contributed by atoms with Gasteiger partial charge in [0.2, 0.25) is 5.91 Å². The standard InChI is InChI=1S/C20H19N3O2/c24-19(12-11-16-7-2-1-3-8-16)23-14-6-9-17(15-23)20(25)22-18-10-4-5-13-21-18/h1-5,7-8,10,13,17H,6,9,14-15H2,(H,21,22,25)/t17-/m1/s1. The minimum absolute atomic E-state index is 0.104. The topological polar surface area (TPSA) is 62.3 Å². The average Bonchev–Trinajstić information content (AvgIpc) is 2.68. The first-order valence-corrected chi connectivity index (χ1v) is 8.30. The van der Waals surface area contributed by atoms with Crippen LogP contribution in [0.1, 0.15) is 18.4 Å². The molecular formula is C20H19N3O2. The molecule has 0 radical (unpaired) electrons. The van der Waals surface area contributed by atoms with E-state index in [-0.39, 0.29) is 17.7 Å². The van der Waals surface area contributed by atoms with E-state index in [0.29, 0.717) is 18.9 Å². The summed E-state index contributed by atoms with van der Waals surface area (Å²) in [5.41, 5.74) is 0.803. The summed E-state index contributed by atoms with van der Waals surface area (Å²) in [6.45, 7) is 1.02. The summed E-state index contributed by atoms with van der Waals surface area (Å²) in [5, 5.41) is 2.80. The molecule has 1 aromatic carbocycles. The molecule has 0 aliphatic carbocycles. The molecule has 0 bridgehead atoms. The average molecular weight is 333 g/mol. The molecule has 1 saturated heterocycles. The number of likely N-dealkylation sites (tertiary alicyclic amines) is 1. The third-order valence-electron chi connectivity index (χ3n) is 4.08. The van der Waals surface area contributed by atoms with Crippen molar-refractivity contribution in [2.75, 3.05) is 18.4 Å². The Balaban J connectivity index is 1.60. The first-order valence-electron chi connectivity index (χ1n) is 8.30. The third-order valence-corrected chi connectivity index (χ3v) is 4.08. The summed E-state index contributed by atoms with van der Waals surface area (Å²) < 4.78 is 0. The van der Waals surface area contributed by atoms with Crippen molar-refractivity contribution in [3.8, 4) is 11.8 Å². The number of nitrogens with one attached hydrogen (secondary N) is 1. The van der Waals surface area contributed by atoms with Crippen molar-refractivity contribution in [3.63, 3.8) is 0 Å². The number of pyridine rings is 1. The summed E-state index contributed by atoms with van der Waals surface area (Å²) in [4.78, 5) is 30.4. The van der Waals surface area contributed by atoms with Crippen LogP contribution in [0.2, 0.25) is 0 Å². The number of benzene rings is 1. The van der Waals surface area contributed by atoms with E-state index in [9.17, 15) is 9.59 Å². The van der Waals surface area contributed by atoms with E-state index >= 15 is 0 Å². The van der Waals surface area contributed by atoms with Crippen LogP contribution in [0.15, 0.2) is 54.7 Å². The lowest BCUT2D eigenvalue weighted by molar-refractivity contribution is -0.129. The van der Waals surface area contributed by atoms with Gasteiger partial charge in [-0.3, -0.25) is 9.59 Å². The first kappa shape index (κ1) is 16.7. The maximum absolute atomic E-state index is 12.4. The summed E-state index contributed by atoms with van der Waals surface area (Å²) >= 11 is 0. The van der Waals surface area contributed by atoms with E-state index in [1.807, 2.05) is 36.4 Å². The maximum atomic E-state index is 12.4. The van der Waals surface area contributed by atoms with Gasteiger partial charge in [-0.15, -0.1) is 0 Å². The Hall–Kier alpha value is -3.13. The monoisotopic (exact) mass is 333 g/mol. The highest BCUT2D eigenvalue weighted by molar-refractivity contribution is 5.96. The van der Waals surface area contributed by atoms with E-state index in [4.69, 9.17) is 0 Å². The van der Waals surface area contributed by atoms with E-state index in [0.717, 1.165) is 18.4 Å². The lowest BCUT2D eigenvalue weighted by Crippen LogP contribution is -2.43. The second-order valence-electron chi connectivity index (χ2n) is 5.91. The molecule has 0 saturated carbocycles. The van der Waals surface area contributed by atoms with Gasteiger partial charge in [-0.25, -0.2) is 4.98 Å². The molecule has 1 aromatic heterocycles. The zero-order valence-electron chi connectivity index (χ0n) is 13.8. The van der Waals surface area contributed by atoms with Crippen LogP contribution >= 0.6 is 0 Å². The SMILES string of the molecule is O=C(Nc1ccccn1)[C@@H]1CCCN(C(=O)C#Cc2ccccc2)C1. The van der Waals surface area contributed by atoms with Crippen LogP contribution < -0.4 is 5.32 Å². The smallest absolute Gasteiger partial charge is 0.298 e. The number of hydrogen-bond donors (Lipinski definition) is 1. The Bertz CT molecular complexity index is 794. The molecule has 5 heteroatoms. The number of nitrogens with zero attached hydrogens (tertiary/aromatic N) is 2. The summed E-state index contributed by atoms with van der Waals surface area (Å²) in [5.74, 6) is 5.49. The van der Waals surface area contributed by atoms with Crippen molar-refractivity contribution in [2.24, 2.45) is 5.92 Å². The van der Waals surface area contributed by atoms with Gasteiger partial charge in [-0.1, -0.05) is 30.2 Å². The molecule has 1 aliphatic rings. The van der Waals surface area contributed by atoms with Crippen molar-refractivity contribution in [3.05, 3.63) is 60.3 Å². The number of amides is 2. The second-order valence-corrected chi connectivity index (χ2v) is 5.91. The Morgan fingerprint density at radius 3 is 2.68 bits per heavy atom. The van der Waals surface area contributed by atoms with Gasteiger partial charge in [0.25, 0.3) is 5.91 Å². The molecule has 1 aliphatic heterocycles. The molecule has 3 rings (SSSR count). The number of carbonyl (C=O) groups is 2. The Morgan fingerprint density at radius 1 is 1.12 bits per heavy atom. The number of piperidine rings is 1. The largest absolute Gasteiger partial charge is 0.331 e. The maximum Gasteiger partial charge on any atom is 0.298 e. The highest BCUT2D eigenvalue weighted by Crippen LogP contribution is 2.18. The molecule has 1 atom stereocenters. The molecule has 5 nitrogen and oxygen atoms in total. The number of rotatable bonds is 2. The Morgan fingerprint density at radius 2 is 1.92 bits per heavy atom. The van der Waals surface area contributed by atoms with Crippen LogP contribution in [0.5, 0.6) is 0 Å². The van der Waals surface area contributed by atoms with Gasteiger partial charge in [0.05, 0.1) is 5.92 Å². The minimum atomic E-state index is -0.238. The number of carbonyl (C=O) groups excluding carboxylic acids is 2. The van der Waals surface area contributed by atoms with Crippen LogP contribution in [-0.4, -0.2) is 34.8 Å². The zero-order chi connectivity index (χ0) is 17.5. The minimum Gasteiger partial charge on any atom is -0.331 e. The van der Waals surface area contributed by atoms with E-state index < -0.39 is 0 Å². The van der Waals surface area contributed by atoms with Crippen LogP contribution in [-0.2, 0) is 9.59 Å². The van der Waals surface area contributed by atoms with Crippen molar-refractivity contribution >= 4 is 17.6 Å². The quantitative estimate of drug-likeness (QED) is 0.858. The van der Waals surface area contributed by atoms with Gasteiger partial charge in [-0.05, 0) is 37.1 Å². The van der Waals surface area contributed by atoms with Crippen LogP contribution in [0.3, 0.4) is 0 Å². The van der Waals surface area contributed by atoms with Crippen molar-refractivity contribution < 1.29 is 9.59 Å². The third kappa shape index (κ3) is 4.67. The molecule has 1 fully saturated rings. The highest BCUT2D eigenvalue weighted by atomic mass is 16.2. The fourth-order valence-electron chi connectivity index (χ4n) is 2.77. The molecular weight excluding hydrogens is 314 g/mol. The first-order chi connectivity index (χ1) is 12.2. The van der Waals surface area contributed by atoms with E-state index in [2.05, 4.69) is 22.1 Å². The Kier molecular flexibility index (Phi) is 5.43. The number of aromatic nitrogens is 1. The van der Waals surface area contributed by atoms with Gasteiger partial charge >= 0.3 is 0 Å². The molecule has 0 spiro atoms. The van der Waals surface area contributed by atoms with Crippen molar-refractivity contribution in [1.29, 1.82) is 0 Å². The number of hydrogen-bond acceptors (Lipinski definition) is 3. The predicted octanol–water partition coefficient (Wildman–Crippen LogP) is 2.31.